The number of nitrogens with one attached hydrogen (secondary N) is 4. The van der Waals surface area contributed by atoms with Gasteiger partial charge in [0.25, 0.3) is 5.56 Å². The van der Waals surface area contributed by atoms with E-state index in [0.29, 0.717) is 28.5 Å². The standard InChI is InChI=1S/C24H27N9O2/c1-14(2)32-22(34)19-13-28-23(29-17-5-4-16-12-26-8-6-15(16)10-17)31-21(19)33(32)18-7-9-27-20(11-18)30-24(35)25-3/h4-5,7,9-11,13-14,26H,6,8,12H2,1-3H3,(H,28,29,31)(H2,25,27,30,35). The second kappa shape index (κ2) is 9.18. The Morgan fingerprint density at radius 1 is 1.14 bits per heavy atom. The van der Waals surface area contributed by atoms with Gasteiger partial charge in [-0.1, -0.05) is 6.07 Å². The van der Waals surface area contributed by atoms with Gasteiger partial charge < -0.3 is 16.0 Å². The van der Waals surface area contributed by atoms with Gasteiger partial charge >= 0.3 is 6.03 Å². The maximum Gasteiger partial charge on any atom is 0.320 e. The molecule has 0 bridgehead atoms. The summed E-state index contributed by atoms with van der Waals surface area (Å²) in [6.45, 7) is 5.68. The molecule has 0 saturated heterocycles. The van der Waals surface area contributed by atoms with Gasteiger partial charge in [-0.25, -0.2) is 24.1 Å². The fourth-order valence-electron chi connectivity index (χ4n) is 4.26. The van der Waals surface area contributed by atoms with Crippen molar-refractivity contribution in [3.63, 3.8) is 0 Å². The van der Waals surface area contributed by atoms with Gasteiger partial charge in [-0.3, -0.25) is 10.1 Å². The predicted octanol–water partition coefficient (Wildman–Crippen LogP) is 2.70. The van der Waals surface area contributed by atoms with Gasteiger partial charge in [-0.2, -0.15) is 4.98 Å². The SMILES string of the molecule is CNC(=O)Nc1cc(-n2c3nc(Nc4ccc5c(c4)CCNC5)ncc3c(=O)n2C(C)C)ccn1. The van der Waals surface area contributed by atoms with Crippen LogP contribution in [0, 0.1) is 0 Å². The molecule has 1 aliphatic rings. The molecule has 0 spiro atoms. The molecular formula is C24H27N9O2. The van der Waals surface area contributed by atoms with E-state index in [-0.39, 0.29) is 17.6 Å². The number of carbonyl (C=O) groups excluding carboxylic acids is 1. The first-order valence-corrected chi connectivity index (χ1v) is 11.5. The first-order valence-electron chi connectivity index (χ1n) is 11.5. The lowest BCUT2D eigenvalue weighted by atomic mass is 10.0. The molecule has 35 heavy (non-hydrogen) atoms. The molecule has 0 radical (unpaired) electrons. The van der Waals surface area contributed by atoms with E-state index in [2.05, 4.69) is 43.4 Å². The summed E-state index contributed by atoms with van der Waals surface area (Å²) in [5.41, 5.74) is 4.38. The molecule has 11 heteroatoms. The number of aromatic nitrogens is 5. The van der Waals surface area contributed by atoms with Crippen molar-refractivity contribution in [3.8, 4) is 5.69 Å². The quantitative estimate of drug-likeness (QED) is 0.351. The average Bonchev–Trinajstić information content (AvgIpc) is 3.16. The summed E-state index contributed by atoms with van der Waals surface area (Å²) >= 11 is 0. The molecule has 0 fully saturated rings. The van der Waals surface area contributed by atoms with Crippen LogP contribution in [0.5, 0.6) is 0 Å². The van der Waals surface area contributed by atoms with E-state index in [1.54, 1.807) is 33.9 Å². The van der Waals surface area contributed by atoms with Crippen LogP contribution in [0.4, 0.5) is 22.2 Å². The summed E-state index contributed by atoms with van der Waals surface area (Å²) in [6, 6.07) is 9.15. The number of nitrogens with zero attached hydrogens (tertiary/aromatic N) is 5. The summed E-state index contributed by atoms with van der Waals surface area (Å²) in [6.07, 6.45) is 4.09. The van der Waals surface area contributed by atoms with E-state index in [1.165, 1.54) is 18.2 Å². The number of rotatable bonds is 5. The lowest BCUT2D eigenvalue weighted by Crippen LogP contribution is -2.26. The number of fused-ring (bicyclic) bond motifs is 2. The third-order valence-corrected chi connectivity index (χ3v) is 5.92. The Labute approximate surface area is 201 Å². The lowest BCUT2D eigenvalue weighted by Gasteiger charge is -2.18. The molecule has 0 aliphatic carbocycles. The molecule has 1 aliphatic heterocycles. The summed E-state index contributed by atoms with van der Waals surface area (Å²) in [7, 11) is 1.53. The molecule has 2 amide bonds. The minimum absolute atomic E-state index is 0.147. The minimum atomic E-state index is -0.386. The first kappa shape index (κ1) is 22.5. The van der Waals surface area contributed by atoms with Gasteiger partial charge in [0, 0.05) is 43.8 Å². The maximum absolute atomic E-state index is 13.2. The number of anilines is 3. The number of urea groups is 1. The molecule has 4 aromatic rings. The lowest BCUT2D eigenvalue weighted by molar-refractivity contribution is 0.254. The zero-order valence-corrected chi connectivity index (χ0v) is 19.8. The van der Waals surface area contributed by atoms with Crippen LogP contribution in [0.3, 0.4) is 0 Å². The normalized spacial score (nSPS) is 13.0. The molecule has 1 aromatic carbocycles. The van der Waals surface area contributed by atoms with Crippen molar-refractivity contribution < 1.29 is 4.79 Å². The summed E-state index contributed by atoms with van der Waals surface area (Å²) in [5.74, 6) is 0.737. The Kier molecular flexibility index (Phi) is 5.91. The molecule has 0 unspecified atom stereocenters. The van der Waals surface area contributed by atoms with Gasteiger partial charge in [-0.15, -0.1) is 0 Å². The summed E-state index contributed by atoms with van der Waals surface area (Å²) in [5, 5.41) is 12.2. The molecule has 4 N–H and O–H groups in total. The van der Waals surface area contributed by atoms with Crippen molar-refractivity contribution in [2.24, 2.45) is 0 Å². The van der Waals surface area contributed by atoms with Crippen molar-refractivity contribution in [1.29, 1.82) is 0 Å². The summed E-state index contributed by atoms with van der Waals surface area (Å²) in [4.78, 5) is 38.3. The van der Waals surface area contributed by atoms with Crippen molar-refractivity contribution in [2.75, 3.05) is 24.2 Å². The Bertz CT molecular complexity index is 1470. The summed E-state index contributed by atoms with van der Waals surface area (Å²) < 4.78 is 3.36. The highest BCUT2D eigenvalue weighted by molar-refractivity contribution is 5.88. The highest BCUT2D eigenvalue weighted by Gasteiger charge is 2.20. The molecular weight excluding hydrogens is 446 g/mol. The number of amides is 2. The van der Waals surface area contributed by atoms with Crippen LogP contribution in [0.2, 0.25) is 0 Å². The van der Waals surface area contributed by atoms with Gasteiger partial charge in [0.15, 0.2) is 5.65 Å². The van der Waals surface area contributed by atoms with E-state index >= 15 is 0 Å². The molecule has 180 valence electrons. The Morgan fingerprint density at radius 3 is 2.80 bits per heavy atom. The highest BCUT2D eigenvalue weighted by atomic mass is 16.2. The number of hydrogen-bond acceptors (Lipinski definition) is 7. The van der Waals surface area contributed by atoms with Crippen LogP contribution in [-0.2, 0) is 13.0 Å². The van der Waals surface area contributed by atoms with Crippen molar-refractivity contribution in [1.82, 2.24) is 34.9 Å². The monoisotopic (exact) mass is 473 g/mol. The van der Waals surface area contributed by atoms with E-state index < -0.39 is 0 Å². The van der Waals surface area contributed by atoms with E-state index in [9.17, 15) is 9.59 Å². The van der Waals surface area contributed by atoms with Gasteiger partial charge in [0.2, 0.25) is 5.95 Å². The van der Waals surface area contributed by atoms with Crippen LogP contribution in [0.25, 0.3) is 16.7 Å². The second-order valence-corrected chi connectivity index (χ2v) is 8.62. The molecule has 0 atom stereocenters. The fourth-order valence-corrected chi connectivity index (χ4v) is 4.26. The van der Waals surface area contributed by atoms with Crippen LogP contribution in [0.1, 0.15) is 31.0 Å². The van der Waals surface area contributed by atoms with E-state index in [4.69, 9.17) is 4.98 Å². The predicted molar refractivity (Wildman–Crippen MR) is 135 cm³/mol. The number of hydrogen-bond donors (Lipinski definition) is 4. The largest absolute Gasteiger partial charge is 0.341 e. The number of benzene rings is 1. The first-order chi connectivity index (χ1) is 16.9. The maximum atomic E-state index is 13.2. The van der Waals surface area contributed by atoms with Crippen LogP contribution in [-0.4, -0.2) is 43.9 Å². The Morgan fingerprint density at radius 2 is 2.00 bits per heavy atom. The molecule has 3 aromatic heterocycles. The molecule has 0 saturated carbocycles. The Balaban J connectivity index is 1.59. The van der Waals surface area contributed by atoms with Crippen LogP contribution in [0.15, 0.2) is 47.5 Å². The fraction of sp³-hybridized carbons (Fsp3) is 0.292. The average molecular weight is 474 g/mol. The van der Waals surface area contributed by atoms with Crippen molar-refractivity contribution >= 4 is 34.5 Å². The number of carbonyl (C=O) groups is 1. The highest BCUT2D eigenvalue weighted by Crippen LogP contribution is 2.24. The molecule has 5 rings (SSSR count). The second-order valence-electron chi connectivity index (χ2n) is 8.62. The zero-order chi connectivity index (χ0) is 24.5. The smallest absolute Gasteiger partial charge is 0.320 e. The third-order valence-electron chi connectivity index (χ3n) is 5.92. The van der Waals surface area contributed by atoms with Gasteiger partial charge in [0.1, 0.15) is 11.2 Å². The van der Waals surface area contributed by atoms with Crippen LogP contribution < -0.4 is 26.8 Å². The molecule has 4 heterocycles. The van der Waals surface area contributed by atoms with E-state index in [0.717, 1.165) is 25.2 Å². The van der Waals surface area contributed by atoms with Crippen molar-refractivity contribution in [3.05, 3.63) is 64.2 Å². The Hall–Kier alpha value is -4.25. The van der Waals surface area contributed by atoms with Gasteiger partial charge in [0.05, 0.1) is 5.69 Å². The van der Waals surface area contributed by atoms with Crippen LogP contribution >= 0.6 is 0 Å². The van der Waals surface area contributed by atoms with E-state index in [1.807, 2.05) is 19.9 Å². The number of pyridine rings is 1. The topological polar surface area (TPSA) is 131 Å². The van der Waals surface area contributed by atoms with Gasteiger partial charge in [-0.05, 0) is 56.1 Å². The third kappa shape index (κ3) is 4.33. The minimum Gasteiger partial charge on any atom is -0.341 e. The zero-order valence-electron chi connectivity index (χ0n) is 19.8. The van der Waals surface area contributed by atoms with Crippen molar-refractivity contribution in [2.45, 2.75) is 32.9 Å². The molecule has 11 nitrogen and oxygen atoms in total.